The van der Waals surface area contributed by atoms with E-state index in [1.54, 1.807) is 19.2 Å². The second-order valence-electron chi connectivity index (χ2n) is 7.83. The standard InChI is InChI=1S/C23H26N4O3/c1-29-21-8-4-20(5-9-21)25-23(28)27-15-18-13-26(14-19(18)16-27)10-11-30-22-6-2-17(12-24)3-7-22/h2-9,18-19H,10-11,13-16H2,1H3,(H,25,28). The minimum atomic E-state index is -0.0368. The van der Waals surface area contributed by atoms with Crippen LogP contribution in [0.2, 0.25) is 0 Å². The van der Waals surface area contributed by atoms with E-state index in [1.807, 2.05) is 41.3 Å². The van der Waals surface area contributed by atoms with Crippen LogP contribution >= 0.6 is 0 Å². The van der Waals surface area contributed by atoms with Crippen LogP contribution in [0.4, 0.5) is 10.5 Å². The van der Waals surface area contributed by atoms with Gasteiger partial charge in [-0.2, -0.15) is 5.26 Å². The molecule has 0 radical (unpaired) electrons. The van der Waals surface area contributed by atoms with Crippen LogP contribution in [0.3, 0.4) is 0 Å². The summed E-state index contributed by atoms with van der Waals surface area (Å²) in [5.41, 5.74) is 1.41. The third-order valence-electron chi connectivity index (χ3n) is 5.85. The number of amides is 2. The molecule has 156 valence electrons. The van der Waals surface area contributed by atoms with Crippen LogP contribution in [0.5, 0.6) is 11.5 Å². The summed E-state index contributed by atoms with van der Waals surface area (Å²) in [5, 5.41) is 11.8. The third-order valence-corrected chi connectivity index (χ3v) is 5.85. The van der Waals surface area contributed by atoms with Crippen LogP contribution < -0.4 is 14.8 Å². The predicted octanol–water partition coefficient (Wildman–Crippen LogP) is 3.04. The van der Waals surface area contributed by atoms with Crippen molar-refractivity contribution in [3.63, 3.8) is 0 Å². The van der Waals surface area contributed by atoms with Gasteiger partial charge in [0.25, 0.3) is 0 Å². The highest BCUT2D eigenvalue weighted by Gasteiger charge is 2.41. The van der Waals surface area contributed by atoms with E-state index in [9.17, 15) is 4.79 Å². The van der Waals surface area contributed by atoms with Crippen molar-refractivity contribution >= 4 is 11.7 Å². The Kier molecular flexibility index (Phi) is 6.05. The Morgan fingerprint density at radius 3 is 2.27 bits per heavy atom. The Morgan fingerprint density at radius 2 is 1.67 bits per heavy atom. The highest BCUT2D eigenvalue weighted by molar-refractivity contribution is 5.89. The van der Waals surface area contributed by atoms with Gasteiger partial charge in [0.1, 0.15) is 18.1 Å². The number of nitriles is 1. The summed E-state index contributed by atoms with van der Waals surface area (Å²) in [6.45, 7) is 5.05. The SMILES string of the molecule is COc1ccc(NC(=O)N2CC3CN(CCOc4ccc(C#N)cc4)CC3C2)cc1. The monoisotopic (exact) mass is 406 g/mol. The van der Waals surface area contributed by atoms with Crippen LogP contribution in [0.1, 0.15) is 5.56 Å². The maximum absolute atomic E-state index is 12.6. The molecule has 0 spiro atoms. The van der Waals surface area contributed by atoms with Gasteiger partial charge >= 0.3 is 6.03 Å². The van der Waals surface area contributed by atoms with Gasteiger partial charge in [0.15, 0.2) is 0 Å². The molecule has 1 N–H and O–H groups in total. The Hall–Kier alpha value is -3.24. The molecule has 2 aromatic rings. The quantitative estimate of drug-likeness (QED) is 0.798. The number of likely N-dealkylation sites (tertiary alicyclic amines) is 2. The highest BCUT2D eigenvalue weighted by atomic mass is 16.5. The number of fused-ring (bicyclic) bond motifs is 1. The maximum atomic E-state index is 12.6. The molecule has 2 saturated heterocycles. The van der Waals surface area contributed by atoms with Gasteiger partial charge in [-0.25, -0.2) is 4.79 Å². The number of nitrogens with one attached hydrogen (secondary N) is 1. The summed E-state index contributed by atoms with van der Waals surface area (Å²) in [4.78, 5) is 16.9. The van der Waals surface area contributed by atoms with Gasteiger partial charge < -0.3 is 19.7 Å². The minimum absolute atomic E-state index is 0.0368. The first-order valence-corrected chi connectivity index (χ1v) is 10.2. The fourth-order valence-electron chi connectivity index (χ4n) is 4.23. The predicted molar refractivity (Wildman–Crippen MR) is 114 cm³/mol. The molecule has 0 bridgehead atoms. The number of hydrogen-bond donors (Lipinski definition) is 1. The normalized spacial score (nSPS) is 20.5. The summed E-state index contributed by atoms with van der Waals surface area (Å²) in [6, 6.07) is 16.6. The number of nitrogens with zero attached hydrogens (tertiary/aromatic N) is 3. The molecule has 0 saturated carbocycles. The van der Waals surface area contributed by atoms with Crippen molar-refractivity contribution in [1.82, 2.24) is 9.80 Å². The van der Waals surface area contributed by atoms with Crippen molar-refractivity contribution in [2.24, 2.45) is 11.8 Å². The Bertz CT molecular complexity index is 894. The first-order valence-electron chi connectivity index (χ1n) is 10.2. The van der Waals surface area contributed by atoms with Crippen molar-refractivity contribution in [3.05, 3.63) is 54.1 Å². The molecule has 0 aliphatic carbocycles. The summed E-state index contributed by atoms with van der Waals surface area (Å²) in [5.74, 6) is 2.59. The average molecular weight is 406 g/mol. The molecule has 2 heterocycles. The average Bonchev–Trinajstić information content (AvgIpc) is 3.34. The van der Waals surface area contributed by atoms with E-state index in [1.165, 1.54) is 0 Å². The Morgan fingerprint density at radius 1 is 1.03 bits per heavy atom. The molecule has 2 fully saturated rings. The number of urea groups is 1. The van der Waals surface area contributed by atoms with Gasteiger partial charge in [0, 0.05) is 38.4 Å². The van der Waals surface area contributed by atoms with E-state index in [0.29, 0.717) is 24.0 Å². The lowest BCUT2D eigenvalue weighted by Gasteiger charge is -2.22. The first kappa shape index (κ1) is 20.0. The van der Waals surface area contributed by atoms with Gasteiger partial charge in [-0.1, -0.05) is 0 Å². The zero-order chi connectivity index (χ0) is 20.9. The summed E-state index contributed by atoms with van der Waals surface area (Å²) in [7, 11) is 1.62. The lowest BCUT2D eigenvalue weighted by molar-refractivity contribution is 0.202. The molecule has 2 aliphatic heterocycles. The second-order valence-corrected chi connectivity index (χ2v) is 7.83. The number of carbonyl (C=O) groups is 1. The van der Waals surface area contributed by atoms with Gasteiger partial charge in [0.2, 0.25) is 0 Å². The lowest BCUT2D eigenvalue weighted by Crippen LogP contribution is -2.36. The lowest BCUT2D eigenvalue weighted by atomic mass is 10.0. The first-order chi connectivity index (χ1) is 14.6. The number of benzene rings is 2. The van der Waals surface area contributed by atoms with Crippen molar-refractivity contribution in [2.45, 2.75) is 0 Å². The molecule has 7 heteroatoms. The minimum Gasteiger partial charge on any atom is -0.497 e. The number of methoxy groups -OCH3 is 1. The zero-order valence-electron chi connectivity index (χ0n) is 17.1. The van der Waals surface area contributed by atoms with Crippen molar-refractivity contribution in [2.75, 3.05) is 51.8 Å². The molecule has 4 rings (SSSR count). The van der Waals surface area contributed by atoms with Crippen LogP contribution in [0.15, 0.2) is 48.5 Å². The van der Waals surface area contributed by atoms with Crippen LogP contribution in [-0.2, 0) is 0 Å². The van der Waals surface area contributed by atoms with E-state index in [4.69, 9.17) is 14.7 Å². The molecular weight excluding hydrogens is 380 g/mol. The number of carbonyl (C=O) groups excluding carboxylic acids is 1. The largest absolute Gasteiger partial charge is 0.497 e. The number of anilines is 1. The molecular formula is C23H26N4O3. The topological polar surface area (TPSA) is 77.8 Å². The maximum Gasteiger partial charge on any atom is 0.321 e. The number of hydrogen-bond acceptors (Lipinski definition) is 5. The van der Waals surface area contributed by atoms with Crippen LogP contribution in [0.25, 0.3) is 0 Å². The zero-order valence-corrected chi connectivity index (χ0v) is 17.1. The third kappa shape index (κ3) is 4.66. The summed E-state index contributed by atoms with van der Waals surface area (Å²) >= 11 is 0. The van der Waals surface area contributed by atoms with E-state index in [-0.39, 0.29) is 6.03 Å². The van der Waals surface area contributed by atoms with Gasteiger partial charge in [-0.05, 0) is 60.4 Å². The molecule has 2 aliphatic rings. The van der Waals surface area contributed by atoms with Crippen LogP contribution in [0, 0.1) is 23.2 Å². The molecule has 2 aromatic carbocycles. The fourth-order valence-corrected chi connectivity index (χ4v) is 4.23. The van der Waals surface area contributed by atoms with E-state index in [0.717, 1.165) is 49.9 Å². The molecule has 30 heavy (non-hydrogen) atoms. The molecule has 7 nitrogen and oxygen atoms in total. The fraction of sp³-hybridized carbons (Fsp3) is 0.391. The Labute approximate surface area is 176 Å². The number of ether oxygens (including phenoxy) is 2. The van der Waals surface area contributed by atoms with Crippen molar-refractivity contribution in [3.8, 4) is 17.6 Å². The number of rotatable bonds is 6. The van der Waals surface area contributed by atoms with Crippen molar-refractivity contribution in [1.29, 1.82) is 5.26 Å². The van der Waals surface area contributed by atoms with Gasteiger partial charge in [0.05, 0.1) is 18.7 Å². The molecule has 2 atom stereocenters. The second kappa shape index (κ2) is 9.06. The smallest absolute Gasteiger partial charge is 0.321 e. The van der Waals surface area contributed by atoms with Gasteiger partial charge in [-0.15, -0.1) is 0 Å². The molecule has 2 amide bonds. The Balaban J connectivity index is 1.19. The van der Waals surface area contributed by atoms with Gasteiger partial charge in [-0.3, -0.25) is 4.90 Å². The van der Waals surface area contributed by atoms with E-state index < -0.39 is 0 Å². The highest BCUT2D eigenvalue weighted by Crippen LogP contribution is 2.31. The van der Waals surface area contributed by atoms with Crippen molar-refractivity contribution < 1.29 is 14.3 Å². The van der Waals surface area contributed by atoms with Crippen LogP contribution in [-0.4, -0.2) is 62.3 Å². The molecule has 0 aromatic heterocycles. The van der Waals surface area contributed by atoms with E-state index in [2.05, 4.69) is 16.3 Å². The summed E-state index contributed by atoms with van der Waals surface area (Å²) < 4.78 is 10.9. The van der Waals surface area contributed by atoms with E-state index >= 15 is 0 Å². The summed E-state index contributed by atoms with van der Waals surface area (Å²) in [6.07, 6.45) is 0. The molecule has 2 unspecified atom stereocenters.